The molecule has 0 bridgehead atoms. The molecule has 108 valence electrons. The van der Waals surface area contributed by atoms with Crippen LogP contribution in [-0.4, -0.2) is 30.8 Å². The second-order valence-electron chi connectivity index (χ2n) is 5.62. The van der Waals surface area contributed by atoms with E-state index in [1.165, 1.54) is 0 Å². The van der Waals surface area contributed by atoms with E-state index in [1.807, 2.05) is 32.0 Å². The Morgan fingerprint density at radius 2 is 2.05 bits per heavy atom. The van der Waals surface area contributed by atoms with Crippen LogP contribution in [0.5, 0.6) is 5.75 Å². The monoisotopic (exact) mass is 276 g/mol. The lowest BCUT2D eigenvalue weighted by Gasteiger charge is -2.41. The summed E-state index contributed by atoms with van der Waals surface area (Å²) in [6, 6.07) is 5.79. The first kappa shape index (κ1) is 13.2. The number of hydrogen-bond acceptors (Lipinski definition) is 4. The highest BCUT2D eigenvalue weighted by atomic mass is 16.5. The molecule has 5 heteroatoms. The van der Waals surface area contributed by atoms with Crippen LogP contribution in [0.4, 0.5) is 11.4 Å². The van der Waals surface area contributed by atoms with Gasteiger partial charge in [0, 0.05) is 26.1 Å². The molecule has 1 aromatic rings. The van der Waals surface area contributed by atoms with Gasteiger partial charge < -0.3 is 20.1 Å². The normalized spacial score (nSPS) is 20.2. The van der Waals surface area contributed by atoms with Crippen molar-refractivity contribution in [3.63, 3.8) is 0 Å². The maximum absolute atomic E-state index is 12.5. The zero-order valence-corrected chi connectivity index (χ0v) is 11.9. The Kier molecular flexibility index (Phi) is 3.30. The zero-order valence-electron chi connectivity index (χ0n) is 11.9. The van der Waals surface area contributed by atoms with Gasteiger partial charge in [-0.15, -0.1) is 0 Å². The fourth-order valence-corrected chi connectivity index (χ4v) is 2.74. The Morgan fingerprint density at radius 3 is 2.75 bits per heavy atom. The van der Waals surface area contributed by atoms with Gasteiger partial charge in [0.2, 0.25) is 5.91 Å². The van der Waals surface area contributed by atoms with Gasteiger partial charge in [0.25, 0.3) is 0 Å². The highest BCUT2D eigenvalue weighted by Gasteiger charge is 2.43. The van der Waals surface area contributed by atoms with Crippen LogP contribution in [0.15, 0.2) is 18.2 Å². The van der Waals surface area contributed by atoms with Crippen molar-refractivity contribution in [3.05, 3.63) is 18.2 Å². The maximum atomic E-state index is 12.5. The van der Waals surface area contributed by atoms with Crippen molar-refractivity contribution in [3.8, 4) is 5.75 Å². The van der Waals surface area contributed by atoms with Gasteiger partial charge in [-0.3, -0.25) is 4.79 Å². The third-order valence-corrected chi connectivity index (χ3v) is 3.78. The number of carbonyl (C=O) groups excluding carboxylic acids is 1. The number of para-hydroxylation sites is 1. The molecule has 2 aliphatic rings. The summed E-state index contributed by atoms with van der Waals surface area (Å²) in [6.45, 7) is 5.16. The van der Waals surface area contributed by atoms with E-state index in [4.69, 9.17) is 9.47 Å². The molecule has 1 aromatic carbocycles. The second-order valence-corrected chi connectivity index (χ2v) is 5.62. The Hall–Kier alpha value is -1.75. The van der Waals surface area contributed by atoms with Gasteiger partial charge in [0.1, 0.15) is 17.0 Å². The first-order valence-corrected chi connectivity index (χ1v) is 7.08. The molecule has 0 saturated carbocycles. The number of rotatable bonds is 2. The van der Waals surface area contributed by atoms with E-state index in [1.54, 1.807) is 0 Å². The summed E-state index contributed by atoms with van der Waals surface area (Å²) in [5, 5.41) is 6.42. The van der Waals surface area contributed by atoms with Gasteiger partial charge in [0.05, 0.1) is 11.8 Å². The molecule has 0 radical (unpaired) electrons. The number of benzene rings is 1. The summed E-state index contributed by atoms with van der Waals surface area (Å²) in [5.41, 5.74) is 1.12. The summed E-state index contributed by atoms with van der Waals surface area (Å²) in [6.07, 6.45) is 1.44. The lowest BCUT2D eigenvalue weighted by molar-refractivity contribution is -0.123. The molecule has 2 N–H and O–H groups in total. The number of hydrogen-bond donors (Lipinski definition) is 2. The van der Waals surface area contributed by atoms with E-state index in [0.29, 0.717) is 31.8 Å². The van der Waals surface area contributed by atoms with Crippen molar-refractivity contribution < 1.29 is 14.3 Å². The summed E-state index contributed by atoms with van der Waals surface area (Å²) < 4.78 is 11.1. The highest BCUT2D eigenvalue weighted by Crippen LogP contribution is 2.41. The molecule has 0 unspecified atom stereocenters. The van der Waals surface area contributed by atoms with E-state index in [2.05, 4.69) is 10.6 Å². The molecule has 20 heavy (non-hydrogen) atoms. The average Bonchev–Trinajstić information content (AvgIpc) is 2.42. The van der Waals surface area contributed by atoms with Crippen molar-refractivity contribution >= 4 is 17.3 Å². The van der Waals surface area contributed by atoms with Crippen molar-refractivity contribution in [1.82, 2.24) is 0 Å². The fourth-order valence-electron chi connectivity index (χ4n) is 2.74. The van der Waals surface area contributed by atoms with Crippen LogP contribution in [0.1, 0.15) is 26.7 Å². The first-order valence-electron chi connectivity index (χ1n) is 7.08. The molecule has 2 heterocycles. The third kappa shape index (κ3) is 2.22. The Labute approximate surface area is 118 Å². The topological polar surface area (TPSA) is 59.6 Å². The molecule has 1 spiro atoms. The molecule has 2 aliphatic heterocycles. The summed E-state index contributed by atoms with van der Waals surface area (Å²) in [7, 11) is 0. The zero-order chi connectivity index (χ0) is 14.2. The minimum Gasteiger partial charge on any atom is -0.489 e. The molecule has 1 saturated heterocycles. The number of amides is 1. The van der Waals surface area contributed by atoms with E-state index < -0.39 is 5.54 Å². The minimum atomic E-state index is -0.540. The van der Waals surface area contributed by atoms with Gasteiger partial charge in [-0.25, -0.2) is 0 Å². The third-order valence-electron chi connectivity index (χ3n) is 3.78. The Morgan fingerprint density at radius 1 is 1.30 bits per heavy atom. The summed E-state index contributed by atoms with van der Waals surface area (Å²) in [5.74, 6) is 0.716. The standard InChI is InChI=1S/C15H20N2O3/c1-10(2)20-12-5-3-4-11-13(12)16-14(18)15(17-11)6-8-19-9-7-15/h3-5,10,17H,6-9H2,1-2H3,(H,16,18). The van der Waals surface area contributed by atoms with Crippen molar-refractivity contribution in [1.29, 1.82) is 0 Å². The Balaban J connectivity index is 1.94. The van der Waals surface area contributed by atoms with Crippen LogP contribution in [-0.2, 0) is 9.53 Å². The lowest BCUT2D eigenvalue weighted by atomic mass is 9.86. The highest BCUT2D eigenvalue weighted by molar-refractivity contribution is 6.07. The largest absolute Gasteiger partial charge is 0.489 e. The van der Waals surface area contributed by atoms with Gasteiger partial charge >= 0.3 is 0 Å². The van der Waals surface area contributed by atoms with Gasteiger partial charge in [-0.2, -0.15) is 0 Å². The maximum Gasteiger partial charge on any atom is 0.250 e. The van der Waals surface area contributed by atoms with Crippen LogP contribution in [0.2, 0.25) is 0 Å². The van der Waals surface area contributed by atoms with Crippen LogP contribution in [0, 0.1) is 0 Å². The van der Waals surface area contributed by atoms with Crippen LogP contribution in [0.25, 0.3) is 0 Å². The lowest BCUT2D eigenvalue weighted by Crippen LogP contribution is -2.55. The summed E-state index contributed by atoms with van der Waals surface area (Å²) in [4.78, 5) is 12.5. The summed E-state index contributed by atoms with van der Waals surface area (Å²) >= 11 is 0. The molecule has 0 aromatic heterocycles. The predicted octanol–water partition coefficient (Wildman–Crippen LogP) is 2.39. The van der Waals surface area contributed by atoms with E-state index in [-0.39, 0.29) is 12.0 Å². The smallest absolute Gasteiger partial charge is 0.250 e. The van der Waals surface area contributed by atoms with Crippen molar-refractivity contribution in [2.75, 3.05) is 23.8 Å². The molecule has 1 fully saturated rings. The quantitative estimate of drug-likeness (QED) is 0.870. The van der Waals surface area contributed by atoms with E-state index >= 15 is 0 Å². The van der Waals surface area contributed by atoms with Gasteiger partial charge in [0.15, 0.2) is 0 Å². The number of nitrogens with one attached hydrogen (secondary N) is 2. The predicted molar refractivity (Wildman–Crippen MR) is 77.2 cm³/mol. The number of anilines is 2. The number of fused-ring (bicyclic) bond motifs is 1. The van der Waals surface area contributed by atoms with Crippen molar-refractivity contribution in [2.24, 2.45) is 0 Å². The molecule has 0 aliphatic carbocycles. The first-order chi connectivity index (χ1) is 9.61. The van der Waals surface area contributed by atoms with E-state index in [0.717, 1.165) is 11.4 Å². The Bertz CT molecular complexity index is 522. The number of carbonyl (C=O) groups is 1. The molecule has 0 atom stereocenters. The second kappa shape index (κ2) is 4.98. The molecular formula is C15H20N2O3. The molecule has 1 amide bonds. The van der Waals surface area contributed by atoms with Crippen LogP contribution < -0.4 is 15.4 Å². The minimum absolute atomic E-state index is 0.00751. The number of ether oxygens (including phenoxy) is 2. The fraction of sp³-hybridized carbons (Fsp3) is 0.533. The van der Waals surface area contributed by atoms with Crippen LogP contribution in [0.3, 0.4) is 0 Å². The average molecular weight is 276 g/mol. The van der Waals surface area contributed by atoms with E-state index in [9.17, 15) is 4.79 Å². The van der Waals surface area contributed by atoms with Crippen molar-refractivity contribution in [2.45, 2.75) is 38.3 Å². The van der Waals surface area contributed by atoms with Gasteiger partial charge in [-0.05, 0) is 26.0 Å². The SMILES string of the molecule is CC(C)Oc1cccc2c1NC(=O)C1(CCOCC1)N2. The molecule has 5 nitrogen and oxygen atoms in total. The van der Waals surface area contributed by atoms with Crippen LogP contribution >= 0.6 is 0 Å². The molecule has 3 rings (SSSR count). The van der Waals surface area contributed by atoms with Gasteiger partial charge in [-0.1, -0.05) is 6.07 Å². The molecular weight excluding hydrogens is 256 g/mol.